The van der Waals surface area contributed by atoms with Crippen molar-refractivity contribution < 1.29 is 23.8 Å². The number of azide groups is 1. The van der Waals surface area contributed by atoms with Gasteiger partial charge in [0, 0.05) is 4.91 Å². The molecule has 8 nitrogen and oxygen atoms in total. The molecule has 0 aromatic carbocycles. The second-order valence-corrected chi connectivity index (χ2v) is 11.6. The Balaban J connectivity index is 3.15. The zero-order valence-corrected chi connectivity index (χ0v) is 14.9. The molecule has 1 saturated heterocycles. The molecule has 126 valence electrons. The first-order valence-electron chi connectivity index (χ1n) is 7.15. The van der Waals surface area contributed by atoms with Crippen LogP contribution in [0.5, 0.6) is 0 Å². The molecule has 1 aliphatic rings. The van der Waals surface area contributed by atoms with Gasteiger partial charge in [-0.3, -0.25) is 0 Å². The molecule has 1 N–H and O–H groups in total. The molecule has 1 heterocycles. The number of esters is 1. The van der Waals surface area contributed by atoms with Gasteiger partial charge < -0.3 is 19.0 Å². The van der Waals surface area contributed by atoms with E-state index in [9.17, 15) is 9.90 Å². The summed E-state index contributed by atoms with van der Waals surface area (Å²) in [6, 6.07) is -0.770. The van der Waals surface area contributed by atoms with Crippen LogP contribution in [0.1, 0.15) is 20.8 Å². The molecule has 4 atom stereocenters. The third kappa shape index (κ3) is 3.79. The van der Waals surface area contributed by atoms with Gasteiger partial charge in [0.1, 0.15) is 0 Å². The van der Waals surface area contributed by atoms with E-state index in [2.05, 4.69) is 30.8 Å². The van der Waals surface area contributed by atoms with Gasteiger partial charge in [0.2, 0.25) is 0 Å². The largest absolute Gasteiger partial charge is 0.467 e. The van der Waals surface area contributed by atoms with Crippen LogP contribution in [0, 0.1) is 0 Å². The number of methoxy groups -OCH3 is 1. The third-order valence-electron chi connectivity index (χ3n) is 4.37. The molecule has 0 aliphatic carbocycles. The summed E-state index contributed by atoms with van der Waals surface area (Å²) in [5.74, 6) is -0.599. The smallest absolute Gasteiger partial charge is 0.337 e. The summed E-state index contributed by atoms with van der Waals surface area (Å²) >= 11 is 0. The lowest BCUT2D eigenvalue weighted by atomic mass is 10.1. The van der Waals surface area contributed by atoms with Gasteiger partial charge in [-0.25, -0.2) is 4.79 Å². The summed E-state index contributed by atoms with van der Waals surface area (Å²) in [4.78, 5) is 14.7. The van der Waals surface area contributed by atoms with E-state index in [-0.39, 0.29) is 11.6 Å². The van der Waals surface area contributed by atoms with Crippen molar-refractivity contribution in [2.75, 3.05) is 13.7 Å². The number of ether oxygens (including phenoxy) is 2. The van der Waals surface area contributed by atoms with Gasteiger partial charge in [0.05, 0.1) is 32.0 Å². The number of carbonyl (C=O) groups is 1. The van der Waals surface area contributed by atoms with Crippen LogP contribution in [-0.2, 0) is 18.7 Å². The number of hydrogen-bond donors (Lipinski definition) is 1. The minimum absolute atomic E-state index is 0.0914. The highest BCUT2D eigenvalue weighted by Gasteiger charge is 2.52. The Morgan fingerprint density at radius 1 is 1.45 bits per heavy atom. The number of carbonyl (C=O) groups excluding carboxylic acids is 1. The number of rotatable bonds is 5. The van der Waals surface area contributed by atoms with Crippen LogP contribution in [0.15, 0.2) is 5.11 Å². The molecule has 0 saturated carbocycles. The van der Waals surface area contributed by atoms with Gasteiger partial charge in [-0.15, -0.1) is 0 Å². The maximum atomic E-state index is 11.9. The Labute approximate surface area is 131 Å². The van der Waals surface area contributed by atoms with Crippen molar-refractivity contribution in [3.63, 3.8) is 0 Å². The van der Waals surface area contributed by atoms with Gasteiger partial charge in [-0.1, -0.05) is 25.9 Å². The average Bonchev–Trinajstić information content (AvgIpc) is 2.75. The van der Waals surface area contributed by atoms with Crippen molar-refractivity contribution in [3.8, 4) is 0 Å². The van der Waals surface area contributed by atoms with E-state index in [0.29, 0.717) is 0 Å². The summed E-state index contributed by atoms with van der Waals surface area (Å²) < 4.78 is 16.5. The lowest BCUT2D eigenvalue weighted by Crippen LogP contribution is -2.50. The molecule has 0 unspecified atom stereocenters. The predicted octanol–water partition coefficient (Wildman–Crippen LogP) is 1.99. The number of aliphatic hydroxyl groups excluding tert-OH is 1. The molecular weight excluding hydrogens is 306 g/mol. The zero-order chi connectivity index (χ0) is 17.1. The van der Waals surface area contributed by atoms with Crippen molar-refractivity contribution in [2.45, 2.75) is 63.3 Å². The molecule has 0 bridgehead atoms. The van der Waals surface area contributed by atoms with Gasteiger partial charge in [0.25, 0.3) is 0 Å². The fourth-order valence-electron chi connectivity index (χ4n) is 2.04. The molecule has 0 spiro atoms. The predicted molar refractivity (Wildman–Crippen MR) is 82.8 cm³/mol. The van der Waals surface area contributed by atoms with Crippen LogP contribution in [0.2, 0.25) is 18.1 Å². The van der Waals surface area contributed by atoms with Crippen LogP contribution in [-0.4, -0.2) is 57.5 Å². The SMILES string of the molecule is COC(=O)[C@@H]1O[C@H](CO)[C@@H](N=[N+]=[N-])[C@H]1O[Si](C)(C)C(C)(C)C. The summed E-state index contributed by atoms with van der Waals surface area (Å²) in [7, 11) is -0.982. The Hall–Kier alpha value is -1.12. The van der Waals surface area contributed by atoms with Crippen molar-refractivity contribution in [3.05, 3.63) is 10.4 Å². The highest BCUT2D eigenvalue weighted by molar-refractivity contribution is 6.74. The van der Waals surface area contributed by atoms with E-state index < -0.39 is 38.6 Å². The summed E-state index contributed by atoms with van der Waals surface area (Å²) in [6.07, 6.45) is -2.55. The van der Waals surface area contributed by atoms with Crippen LogP contribution in [0.25, 0.3) is 10.4 Å². The van der Waals surface area contributed by atoms with Crippen LogP contribution >= 0.6 is 0 Å². The summed E-state index contributed by atoms with van der Waals surface area (Å²) in [5.41, 5.74) is 8.76. The summed E-state index contributed by atoms with van der Waals surface area (Å²) in [6.45, 7) is 9.88. The van der Waals surface area contributed by atoms with Crippen molar-refractivity contribution in [1.29, 1.82) is 0 Å². The van der Waals surface area contributed by atoms with E-state index in [1.165, 1.54) is 7.11 Å². The quantitative estimate of drug-likeness (QED) is 0.272. The number of aliphatic hydroxyl groups is 1. The fourth-order valence-corrected chi connectivity index (χ4v) is 3.34. The molecule has 0 aromatic heterocycles. The molecule has 0 amide bonds. The molecule has 22 heavy (non-hydrogen) atoms. The topological polar surface area (TPSA) is 114 Å². The maximum Gasteiger partial charge on any atom is 0.337 e. The monoisotopic (exact) mass is 331 g/mol. The van der Waals surface area contributed by atoms with Gasteiger partial charge in [-0.05, 0) is 23.7 Å². The van der Waals surface area contributed by atoms with Gasteiger partial charge in [-0.2, -0.15) is 0 Å². The number of nitrogens with zero attached hydrogens (tertiary/aromatic N) is 3. The second kappa shape index (κ2) is 6.97. The highest BCUT2D eigenvalue weighted by atomic mass is 28.4. The van der Waals surface area contributed by atoms with Gasteiger partial charge >= 0.3 is 5.97 Å². The lowest BCUT2D eigenvalue weighted by molar-refractivity contribution is -0.157. The number of hydrogen-bond acceptors (Lipinski definition) is 6. The van der Waals surface area contributed by atoms with E-state index in [1.54, 1.807) is 0 Å². The molecule has 1 fully saturated rings. The molecule has 9 heteroatoms. The van der Waals surface area contributed by atoms with Crippen molar-refractivity contribution >= 4 is 14.3 Å². The van der Waals surface area contributed by atoms with Crippen LogP contribution in [0.4, 0.5) is 0 Å². The molecule has 0 radical (unpaired) electrons. The standard InChI is InChI=1S/C13H25N3O5Si/c1-13(2,3)22(5,6)21-10-9(15-16-14)8(7-17)20-11(10)12(18)19-4/h8-11,17H,7H2,1-6H3/t8-,9-,10-,11-/m1/s1. The Kier molecular flexibility index (Phi) is 6.00. The first kappa shape index (κ1) is 18.9. The molecule has 1 aliphatic heterocycles. The van der Waals surface area contributed by atoms with E-state index in [1.807, 2.05) is 13.1 Å². The first-order chi connectivity index (χ1) is 10.1. The van der Waals surface area contributed by atoms with Crippen molar-refractivity contribution in [1.82, 2.24) is 0 Å². The van der Waals surface area contributed by atoms with Crippen LogP contribution in [0.3, 0.4) is 0 Å². The minimum Gasteiger partial charge on any atom is -0.467 e. The van der Waals surface area contributed by atoms with Crippen LogP contribution < -0.4 is 0 Å². The first-order valence-corrected chi connectivity index (χ1v) is 10.1. The fraction of sp³-hybridized carbons (Fsp3) is 0.923. The molecule has 0 aromatic rings. The molecular formula is C13H25N3O5Si. The average molecular weight is 331 g/mol. The van der Waals surface area contributed by atoms with Crippen molar-refractivity contribution in [2.24, 2.45) is 5.11 Å². The third-order valence-corrected chi connectivity index (χ3v) is 8.85. The Bertz CT molecular complexity index is 459. The van der Waals surface area contributed by atoms with E-state index >= 15 is 0 Å². The van der Waals surface area contributed by atoms with E-state index in [0.717, 1.165) is 0 Å². The Morgan fingerprint density at radius 2 is 2.05 bits per heavy atom. The lowest BCUT2D eigenvalue weighted by Gasteiger charge is -2.39. The zero-order valence-electron chi connectivity index (χ0n) is 13.9. The van der Waals surface area contributed by atoms with E-state index in [4.69, 9.17) is 19.4 Å². The highest BCUT2D eigenvalue weighted by Crippen LogP contribution is 2.40. The maximum absolute atomic E-state index is 11.9. The van der Waals surface area contributed by atoms with Gasteiger partial charge in [0.15, 0.2) is 14.4 Å². The molecule has 1 rings (SSSR count). The Morgan fingerprint density at radius 3 is 2.45 bits per heavy atom. The normalized spacial score (nSPS) is 29.0. The second-order valence-electron chi connectivity index (χ2n) is 6.84. The summed E-state index contributed by atoms with van der Waals surface area (Å²) in [5, 5.41) is 13.0. The minimum atomic E-state index is -2.24.